The van der Waals surface area contributed by atoms with Gasteiger partial charge in [0.25, 0.3) is 5.91 Å². The summed E-state index contributed by atoms with van der Waals surface area (Å²) in [6.45, 7) is 7.71. The van der Waals surface area contributed by atoms with E-state index in [1.165, 1.54) is 18.7 Å². The van der Waals surface area contributed by atoms with Gasteiger partial charge in [0.1, 0.15) is 17.5 Å². The number of hydrogen-bond donors (Lipinski definition) is 1. The Morgan fingerprint density at radius 2 is 1.93 bits per heavy atom. The number of hydrogen-bond acceptors (Lipinski definition) is 6. The minimum atomic E-state index is -3.25. The first-order valence-electron chi connectivity index (χ1n) is 9.69. The van der Waals surface area contributed by atoms with Crippen molar-refractivity contribution in [3.05, 3.63) is 29.1 Å². The Morgan fingerprint density at radius 3 is 2.50 bits per heavy atom. The smallest absolute Gasteiger partial charge is 0.258 e. The van der Waals surface area contributed by atoms with Gasteiger partial charge in [-0.05, 0) is 32.6 Å². The Balaban J connectivity index is 2.25. The van der Waals surface area contributed by atoms with Gasteiger partial charge in [0.2, 0.25) is 5.88 Å². The quantitative estimate of drug-likeness (QED) is 0.775. The lowest BCUT2D eigenvalue weighted by molar-refractivity contribution is 0.0930. The summed E-state index contributed by atoms with van der Waals surface area (Å²) in [6, 6.07) is -0.466. The maximum absolute atomic E-state index is 12.7. The van der Waals surface area contributed by atoms with Crippen LogP contribution in [-0.2, 0) is 15.3 Å². The third-order valence-electron chi connectivity index (χ3n) is 4.47. The average molecular weight is 410 g/mol. The summed E-state index contributed by atoms with van der Waals surface area (Å²) < 4.78 is 28.6. The lowest BCUT2D eigenvalue weighted by atomic mass is 9.95. The van der Waals surface area contributed by atoms with Gasteiger partial charge in [0.15, 0.2) is 9.84 Å². The Kier molecular flexibility index (Phi) is 7.20. The molecule has 0 aliphatic heterocycles. The number of nitrogens with zero attached hydrogens (tertiary/aromatic N) is 2. The molecule has 1 aromatic rings. The largest absolute Gasteiger partial charge is 0.474 e. The first-order valence-corrected chi connectivity index (χ1v) is 11.6. The molecule has 1 saturated carbocycles. The van der Waals surface area contributed by atoms with Crippen molar-refractivity contribution < 1.29 is 17.9 Å². The van der Waals surface area contributed by atoms with Gasteiger partial charge >= 0.3 is 0 Å². The number of carbonyl (C=O) groups excluding carboxylic acids is 1. The van der Waals surface area contributed by atoms with Crippen LogP contribution in [0.5, 0.6) is 5.88 Å². The van der Waals surface area contributed by atoms with E-state index in [4.69, 9.17) is 4.74 Å². The fourth-order valence-corrected chi connectivity index (χ4v) is 3.43. The van der Waals surface area contributed by atoms with E-state index in [1.807, 2.05) is 20.8 Å². The summed E-state index contributed by atoms with van der Waals surface area (Å²) in [5.74, 6) is 0.514. The molecule has 0 saturated heterocycles. The van der Waals surface area contributed by atoms with Gasteiger partial charge in [-0.2, -0.15) is 4.98 Å². The maximum Gasteiger partial charge on any atom is 0.258 e. The van der Waals surface area contributed by atoms with E-state index in [1.54, 1.807) is 6.92 Å². The number of nitrogens with one attached hydrogen (secondary N) is 1. The summed E-state index contributed by atoms with van der Waals surface area (Å²) in [5.41, 5.74) is -0.0104. The van der Waals surface area contributed by atoms with Gasteiger partial charge in [-0.1, -0.05) is 33.3 Å². The molecule has 1 amide bonds. The number of sulfone groups is 1. The zero-order valence-corrected chi connectivity index (χ0v) is 18.2. The number of carbonyl (C=O) groups is 1. The van der Waals surface area contributed by atoms with E-state index in [9.17, 15) is 13.2 Å². The van der Waals surface area contributed by atoms with Crippen LogP contribution in [0.3, 0.4) is 0 Å². The first-order chi connectivity index (χ1) is 13.0. The van der Waals surface area contributed by atoms with Crippen molar-refractivity contribution in [2.75, 3.05) is 6.26 Å². The minimum Gasteiger partial charge on any atom is -0.474 e. The lowest BCUT2D eigenvalue weighted by Crippen LogP contribution is -2.33. The molecule has 0 radical (unpaired) electrons. The maximum atomic E-state index is 12.7. The molecule has 7 nitrogen and oxygen atoms in total. The second-order valence-corrected chi connectivity index (χ2v) is 10.4. The molecule has 1 aliphatic carbocycles. The summed E-state index contributed by atoms with van der Waals surface area (Å²) >= 11 is 0. The average Bonchev–Trinajstić information content (AvgIpc) is 2.59. The molecule has 28 heavy (non-hydrogen) atoms. The molecule has 8 heteroatoms. The molecular formula is C20H31N3O4S. The molecule has 1 fully saturated rings. The van der Waals surface area contributed by atoms with E-state index >= 15 is 0 Å². The van der Waals surface area contributed by atoms with Crippen molar-refractivity contribution in [3.8, 4) is 5.88 Å². The van der Waals surface area contributed by atoms with Gasteiger partial charge in [0, 0.05) is 29.3 Å². The zero-order chi connectivity index (χ0) is 20.9. The third kappa shape index (κ3) is 6.89. The predicted molar refractivity (Wildman–Crippen MR) is 109 cm³/mol. The lowest BCUT2D eigenvalue weighted by Gasteiger charge is -2.25. The molecule has 0 aromatic carbocycles. The minimum absolute atomic E-state index is 0.0468. The van der Waals surface area contributed by atoms with Crippen molar-refractivity contribution in [1.82, 2.24) is 15.3 Å². The Bertz CT molecular complexity index is 822. The highest BCUT2D eigenvalue weighted by Crippen LogP contribution is 2.27. The molecule has 2 rings (SSSR count). The predicted octanol–water partition coefficient (Wildman–Crippen LogP) is 3.16. The van der Waals surface area contributed by atoms with E-state index < -0.39 is 21.8 Å². The summed E-state index contributed by atoms with van der Waals surface area (Å²) in [7, 11) is -3.25. The Morgan fingerprint density at radius 1 is 1.29 bits per heavy atom. The van der Waals surface area contributed by atoms with Crippen molar-refractivity contribution in [3.63, 3.8) is 0 Å². The van der Waals surface area contributed by atoms with Crippen LogP contribution in [0.1, 0.15) is 76.0 Å². The first kappa shape index (κ1) is 22.3. The number of ether oxygens (including phenoxy) is 1. The highest BCUT2D eigenvalue weighted by atomic mass is 32.2. The SMILES string of the molecule is C[C@@H](/C=C/S(C)(=O)=O)NC(=O)c1cnc(C(C)(C)C)nc1OC1CCCCC1. The van der Waals surface area contributed by atoms with Crippen LogP contribution in [0, 0.1) is 0 Å². The molecule has 156 valence electrons. The van der Waals surface area contributed by atoms with Crippen LogP contribution < -0.4 is 10.1 Å². The number of rotatable bonds is 6. The van der Waals surface area contributed by atoms with Gasteiger partial charge in [-0.15, -0.1) is 0 Å². The fourth-order valence-electron chi connectivity index (χ4n) is 2.91. The zero-order valence-electron chi connectivity index (χ0n) is 17.4. The molecule has 0 spiro atoms. The van der Waals surface area contributed by atoms with Crippen LogP contribution in [0.4, 0.5) is 0 Å². The summed E-state index contributed by atoms with van der Waals surface area (Å²) in [4.78, 5) is 21.6. The molecule has 1 N–H and O–H groups in total. The highest BCUT2D eigenvalue weighted by molar-refractivity contribution is 7.93. The molecule has 1 atom stereocenters. The second-order valence-electron chi connectivity index (χ2n) is 8.46. The van der Waals surface area contributed by atoms with Gasteiger partial charge < -0.3 is 10.1 Å². The van der Waals surface area contributed by atoms with Crippen molar-refractivity contribution >= 4 is 15.7 Å². The van der Waals surface area contributed by atoms with E-state index in [0.717, 1.165) is 37.3 Å². The van der Waals surface area contributed by atoms with E-state index in [2.05, 4.69) is 15.3 Å². The molecule has 1 aliphatic rings. The van der Waals surface area contributed by atoms with Crippen LogP contribution >= 0.6 is 0 Å². The van der Waals surface area contributed by atoms with E-state index in [-0.39, 0.29) is 17.1 Å². The summed E-state index contributed by atoms with van der Waals surface area (Å²) in [5, 5.41) is 3.83. The third-order valence-corrected chi connectivity index (χ3v) is 5.12. The second kappa shape index (κ2) is 9.03. The Hall–Kier alpha value is -1.96. The molecular weight excluding hydrogens is 378 g/mol. The molecule has 1 aromatic heterocycles. The number of amides is 1. The number of aromatic nitrogens is 2. The van der Waals surface area contributed by atoms with Crippen LogP contribution in [0.2, 0.25) is 0 Å². The summed E-state index contributed by atoms with van der Waals surface area (Å²) in [6.07, 6.45) is 9.39. The van der Waals surface area contributed by atoms with Crippen LogP contribution in [0.15, 0.2) is 17.7 Å². The topological polar surface area (TPSA) is 98.2 Å². The van der Waals surface area contributed by atoms with E-state index in [0.29, 0.717) is 11.7 Å². The molecule has 0 bridgehead atoms. The van der Waals surface area contributed by atoms with Crippen molar-refractivity contribution in [1.29, 1.82) is 0 Å². The van der Waals surface area contributed by atoms with Gasteiger partial charge in [-0.3, -0.25) is 4.79 Å². The van der Waals surface area contributed by atoms with Crippen molar-refractivity contribution in [2.45, 2.75) is 77.4 Å². The standard InChI is InChI=1S/C20H31N3O4S/c1-14(11-12-28(5,25)26)22-17(24)16-13-21-19(20(2,3)4)23-18(16)27-15-9-7-6-8-10-15/h11-15H,6-10H2,1-5H3,(H,22,24)/b12-11+/t14-/m0/s1. The Labute approximate surface area is 167 Å². The monoisotopic (exact) mass is 409 g/mol. The molecule has 1 heterocycles. The fraction of sp³-hybridized carbons (Fsp3) is 0.650. The molecule has 0 unspecified atom stereocenters. The highest BCUT2D eigenvalue weighted by Gasteiger charge is 2.25. The van der Waals surface area contributed by atoms with Crippen LogP contribution in [0.25, 0.3) is 0 Å². The van der Waals surface area contributed by atoms with Crippen LogP contribution in [-0.4, -0.2) is 42.7 Å². The van der Waals surface area contributed by atoms with Gasteiger partial charge in [-0.25, -0.2) is 13.4 Å². The normalized spacial score (nSPS) is 17.5. The van der Waals surface area contributed by atoms with Gasteiger partial charge in [0.05, 0.1) is 0 Å². The van der Waals surface area contributed by atoms with Crippen molar-refractivity contribution in [2.24, 2.45) is 0 Å².